The van der Waals surface area contributed by atoms with Crippen molar-refractivity contribution in [2.45, 2.75) is 13.0 Å². The molecule has 0 aliphatic carbocycles. The van der Waals surface area contributed by atoms with Crippen LogP contribution in [-0.4, -0.2) is 11.5 Å². The summed E-state index contributed by atoms with van der Waals surface area (Å²) in [5.74, 6) is -0.177. The van der Waals surface area contributed by atoms with Crippen LogP contribution < -0.4 is 5.32 Å². The molecule has 0 aliphatic heterocycles. The molecule has 0 unspecified atom stereocenters. The van der Waals surface area contributed by atoms with Crippen molar-refractivity contribution < 1.29 is 4.39 Å². The second-order valence-electron chi connectivity index (χ2n) is 4.07. The van der Waals surface area contributed by atoms with Crippen molar-refractivity contribution in [1.29, 1.82) is 0 Å². The Hall–Kier alpha value is -1.26. The van der Waals surface area contributed by atoms with E-state index >= 15 is 0 Å². The van der Waals surface area contributed by atoms with E-state index in [4.69, 9.17) is 0 Å². The number of rotatable bonds is 5. The standard InChI is InChI=1S/C14H14BrFN2/c15-13-6-12(9-18-10-13)8-17-5-4-11-2-1-3-14(16)7-11/h1-3,6-7,9-10,17H,4-5,8H2. The number of nitrogens with zero attached hydrogens (tertiary/aromatic N) is 1. The lowest BCUT2D eigenvalue weighted by Gasteiger charge is -2.05. The largest absolute Gasteiger partial charge is 0.312 e. The molecule has 1 aromatic carbocycles. The highest BCUT2D eigenvalue weighted by molar-refractivity contribution is 9.10. The average molecular weight is 309 g/mol. The molecule has 18 heavy (non-hydrogen) atoms. The number of benzene rings is 1. The normalized spacial score (nSPS) is 10.6. The molecule has 1 aromatic heterocycles. The Kier molecular flexibility index (Phi) is 4.84. The summed E-state index contributed by atoms with van der Waals surface area (Å²) in [4.78, 5) is 4.10. The Bertz CT molecular complexity index is 469. The second-order valence-corrected chi connectivity index (χ2v) is 4.98. The minimum atomic E-state index is -0.177. The Morgan fingerprint density at radius 1 is 1.17 bits per heavy atom. The third kappa shape index (κ3) is 4.20. The lowest BCUT2D eigenvalue weighted by molar-refractivity contribution is 0.622. The molecule has 0 radical (unpaired) electrons. The quantitative estimate of drug-likeness (QED) is 0.857. The maximum absolute atomic E-state index is 13.0. The Balaban J connectivity index is 1.76. The van der Waals surface area contributed by atoms with E-state index < -0.39 is 0 Å². The van der Waals surface area contributed by atoms with Crippen LogP contribution in [0, 0.1) is 5.82 Å². The highest BCUT2D eigenvalue weighted by atomic mass is 79.9. The van der Waals surface area contributed by atoms with Gasteiger partial charge in [-0.2, -0.15) is 0 Å². The Morgan fingerprint density at radius 3 is 2.83 bits per heavy atom. The van der Waals surface area contributed by atoms with Crippen molar-refractivity contribution in [2.24, 2.45) is 0 Å². The molecular formula is C14H14BrFN2. The van der Waals surface area contributed by atoms with Crippen molar-refractivity contribution >= 4 is 15.9 Å². The summed E-state index contributed by atoms with van der Waals surface area (Å²) in [5, 5.41) is 3.31. The van der Waals surface area contributed by atoms with Gasteiger partial charge in [-0.15, -0.1) is 0 Å². The van der Waals surface area contributed by atoms with Crippen LogP contribution in [0.25, 0.3) is 0 Å². The predicted octanol–water partition coefficient (Wildman–Crippen LogP) is 3.32. The molecule has 1 heterocycles. The van der Waals surface area contributed by atoms with Crippen LogP contribution in [-0.2, 0) is 13.0 Å². The van der Waals surface area contributed by atoms with Crippen molar-refractivity contribution in [3.05, 3.63) is 64.1 Å². The number of hydrogen-bond donors (Lipinski definition) is 1. The highest BCUT2D eigenvalue weighted by Gasteiger charge is 1.97. The summed E-state index contributed by atoms with van der Waals surface area (Å²) in [6, 6.07) is 8.74. The fourth-order valence-electron chi connectivity index (χ4n) is 1.71. The van der Waals surface area contributed by atoms with E-state index in [2.05, 4.69) is 26.2 Å². The SMILES string of the molecule is Fc1cccc(CCNCc2cncc(Br)c2)c1. The summed E-state index contributed by atoms with van der Waals surface area (Å²) in [7, 11) is 0. The minimum absolute atomic E-state index is 0.177. The first-order valence-electron chi connectivity index (χ1n) is 5.78. The average Bonchev–Trinajstić information content (AvgIpc) is 2.35. The maximum Gasteiger partial charge on any atom is 0.123 e. The molecule has 0 fully saturated rings. The highest BCUT2D eigenvalue weighted by Crippen LogP contribution is 2.09. The molecule has 0 saturated carbocycles. The van der Waals surface area contributed by atoms with Gasteiger partial charge in [0.2, 0.25) is 0 Å². The fraction of sp³-hybridized carbons (Fsp3) is 0.214. The van der Waals surface area contributed by atoms with E-state index in [0.29, 0.717) is 0 Å². The molecule has 0 aliphatic rings. The minimum Gasteiger partial charge on any atom is -0.312 e. The van der Waals surface area contributed by atoms with Gasteiger partial charge in [0, 0.05) is 23.4 Å². The first kappa shape index (κ1) is 13.2. The van der Waals surface area contributed by atoms with E-state index in [-0.39, 0.29) is 5.82 Å². The Morgan fingerprint density at radius 2 is 2.06 bits per heavy atom. The summed E-state index contributed by atoms with van der Waals surface area (Å²) >= 11 is 3.38. The van der Waals surface area contributed by atoms with Gasteiger partial charge in [-0.3, -0.25) is 4.98 Å². The van der Waals surface area contributed by atoms with Crippen molar-refractivity contribution in [2.75, 3.05) is 6.54 Å². The van der Waals surface area contributed by atoms with Crippen LogP contribution >= 0.6 is 15.9 Å². The summed E-state index contributed by atoms with van der Waals surface area (Å²) in [6.07, 6.45) is 4.41. The smallest absolute Gasteiger partial charge is 0.123 e. The van der Waals surface area contributed by atoms with E-state index in [1.807, 2.05) is 18.3 Å². The topological polar surface area (TPSA) is 24.9 Å². The van der Waals surface area contributed by atoms with Gasteiger partial charge in [-0.1, -0.05) is 12.1 Å². The van der Waals surface area contributed by atoms with Gasteiger partial charge in [0.25, 0.3) is 0 Å². The molecule has 0 bridgehead atoms. The lowest BCUT2D eigenvalue weighted by Crippen LogP contribution is -2.16. The number of halogens is 2. The summed E-state index contributed by atoms with van der Waals surface area (Å²) in [5.41, 5.74) is 2.14. The van der Waals surface area contributed by atoms with Crippen molar-refractivity contribution in [1.82, 2.24) is 10.3 Å². The van der Waals surface area contributed by atoms with Crippen LogP contribution in [0.3, 0.4) is 0 Å². The zero-order valence-corrected chi connectivity index (χ0v) is 11.5. The zero-order chi connectivity index (χ0) is 12.8. The van der Waals surface area contributed by atoms with Crippen LogP contribution in [0.1, 0.15) is 11.1 Å². The molecule has 1 N–H and O–H groups in total. The van der Waals surface area contributed by atoms with Crippen LogP contribution in [0.15, 0.2) is 47.2 Å². The fourth-order valence-corrected chi connectivity index (χ4v) is 2.12. The van der Waals surface area contributed by atoms with Gasteiger partial charge in [-0.25, -0.2) is 4.39 Å². The van der Waals surface area contributed by atoms with Crippen LogP contribution in [0.2, 0.25) is 0 Å². The van der Waals surface area contributed by atoms with Crippen LogP contribution in [0.4, 0.5) is 4.39 Å². The van der Waals surface area contributed by atoms with Crippen molar-refractivity contribution in [3.8, 4) is 0 Å². The molecule has 0 amide bonds. The van der Waals surface area contributed by atoms with Gasteiger partial charge < -0.3 is 5.32 Å². The molecule has 2 aromatic rings. The predicted molar refractivity (Wildman–Crippen MR) is 73.7 cm³/mol. The molecular weight excluding hydrogens is 295 g/mol. The molecule has 0 saturated heterocycles. The summed E-state index contributed by atoms with van der Waals surface area (Å²) in [6.45, 7) is 1.58. The number of hydrogen-bond acceptors (Lipinski definition) is 2. The monoisotopic (exact) mass is 308 g/mol. The molecule has 2 rings (SSSR count). The van der Waals surface area contributed by atoms with Crippen LogP contribution in [0.5, 0.6) is 0 Å². The maximum atomic E-state index is 13.0. The molecule has 94 valence electrons. The van der Waals surface area contributed by atoms with Gasteiger partial charge >= 0.3 is 0 Å². The van der Waals surface area contributed by atoms with Gasteiger partial charge in [0.1, 0.15) is 5.82 Å². The number of pyridine rings is 1. The zero-order valence-electron chi connectivity index (χ0n) is 9.87. The lowest BCUT2D eigenvalue weighted by atomic mass is 10.1. The molecule has 4 heteroatoms. The summed E-state index contributed by atoms with van der Waals surface area (Å²) < 4.78 is 13.9. The second kappa shape index (κ2) is 6.61. The first-order chi connectivity index (χ1) is 8.74. The third-order valence-electron chi connectivity index (χ3n) is 2.57. The van der Waals surface area contributed by atoms with E-state index in [1.54, 1.807) is 18.3 Å². The molecule has 2 nitrogen and oxygen atoms in total. The van der Waals surface area contributed by atoms with Crippen molar-refractivity contribution in [3.63, 3.8) is 0 Å². The first-order valence-corrected chi connectivity index (χ1v) is 6.58. The van der Waals surface area contributed by atoms with E-state index in [1.165, 1.54) is 6.07 Å². The number of aromatic nitrogens is 1. The third-order valence-corrected chi connectivity index (χ3v) is 3.00. The van der Waals surface area contributed by atoms with Gasteiger partial charge in [0.15, 0.2) is 0 Å². The van der Waals surface area contributed by atoms with E-state index in [0.717, 1.165) is 35.1 Å². The Labute approximate surface area is 114 Å². The van der Waals surface area contributed by atoms with Gasteiger partial charge in [0.05, 0.1) is 0 Å². The van der Waals surface area contributed by atoms with Gasteiger partial charge in [-0.05, 0) is 58.2 Å². The molecule has 0 atom stereocenters. The number of nitrogens with one attached hydrogen (secondary N) is 1. The molecule has 0 spiro atoms. The van der Waals surface area contributed by atoms with E-state index in [9.17, 15) is 4.39 Å².